The average molecular weight is 375 g/mol. The molecule has 1 N–H and O–H groups in total. The molecule has 1 aromatic carbocycles. The quantitative estimate of drug-likeness (QED) is 0.807. The Balaban J connectivity index is 2.77. The molecule has 0 aliphatic heterocycles. The Bertz CT molecular complexity index is 973. The van der Waals surface area contributed by atoms with Gasteiger partial charge in [-0.2, -0.15) is 5.26 Å². The van der Waals surface area contributed by atoms with Crippen LogP contribution in [0.15, 0.2) is 23.0 Å². The van der Waals surface area contributed by atoms with Crippen LogP contribution in [0.5, 0.6) is 11.6 Å². The van der Waals surface area contributed by atoms with Gasteiger partial charge in [0.15, 0.2) is 5.78 Å². The summed E-state index contributed by atoms with van der Waals surface area (Å²) in [5, 5.41) is 20.3. The van der Waals surface area contributed by atoms with Crippen molar-refractivity contribution in [3.05, 3.63) is 55.8 Å². The number of halogens is 1. The summed E-state index contributed by atoms with van der Waals surface area (Å²) in [5.74, 6) is -0.567. The smallest absolute Gasteiger partial charge is 0.271 e. The van der Waals surface area contributed by atoms with Gasteiger partial charge in [-0.25, -0.2) is 0 Å². The van der Waals surface area contributed by atoms with Crippen LogP contribution >= 0.6 is 11.6 Å². The molecular formula is C19H19ClN2O4. The van der Waals surface area contributed by atoms with Gasteiger partial charge < -0.3 is 9.84 Å². The fourth-order valence-electron chi connectivity index (χ4n) is 2.74. The fraction of sp³-hybridized carbons (Fsp3) is 0.316. The van der Waals surface area contributed by atoms with Crippen LogP contribution in [0.3, 0.4) is 0 Å². The molecule has 0 aliphatic rings. The molecular weight excluding hydrogens is 356 g/mol. The SMILES string of the molecule is CCC(C)n1c(O)c(C(=O)c2ccc(OC)c(Cl)c2)c(C)c(C#N)c1=O. The van der Waals surface area contributed by atoms with Gasteiger partial charge >= 0.3 is 0 Å². The Kier molecular flexibility index (Phi) is 5.73. The maximum atomic E-state index is 13.0. The van der Waals surface area contributed by atoms with Gasteiger partial charge in [-0.15, -0.1) is 0 Å². The van der Waals surface area contributed by atoms with Crippen molar-refractivity contribution in [2.24, 2.45) is 0 Å². The van der Waals surface area contributed by atoms with E-state index in [4.69, 9.17) is 16.3 Å². The van der Waals surface area contributed by atoms with Crippen LogP contribution in [-0.4, -0.2) is 22.6 Å². The Hall–Kier alpha value is -2.78. The summed E-state index contributed by atoms with van der Waals surface area (Å²) in [7, 11) is 1.46. The molecule has 136 valence electrons. The zero-order valence-corrected chi connectivity index (χ0v) is 15.7. The lowest BCUT2D eigenvalue weighted by Gasteiger charge is -2.19. The minimum atomic E-state index is -0.610. The van der Waals surface area contributed by atoms with Crippen molar-refractivity contribution in [3.8, 4) is 17.7 Å². The van der Waals surface area contributed by atoms with Crippen molar-refractivity contribution in [1.82, 2.24) is 4.57 Å². The molecule has 6 nitrogen and oxygen atoms in total. The number of carbonyl (C=O) groups excluding carboxylic acids is 1. The van der Waals surface area contributed by atoms with Crippen molar-refractivity contribution in [3.63, 3.8) is 0 Å². The van der Waals surface area contributed by atoms with Crippen LogP contribution in [0, 0.1) is 18.3 Å². The molecule has 0 radical (unpaired) electrons. The molecule has 0 aliphatic carbocycles. The van der Waals surface area contributed by atoms with Crippen LogP contribution in [0.2, 0.25) is 5.02 Å². The molecule has 0 amide bonds. The second-order valence-corrected chi connectivity index (χ2v) is 6.33. The second kappa shape index (κ2) is 7.63. The topological polar surface area (TPSA) is 92.3 Å². The zero-order valence-electron chi connectivity index (χ0n) is 15.0. The number of nitrogens with zero attached hydrogens (tertiary/aromatic N) is 2. The number of carbonyl (C=O) groups is 1. The Morgan fingerprint density at radius 3 is 2.62 bits per heavy atom. The highest BCUT2D eigenvalue weighted by molar-refractivity contribution is 6.32. The maximum Gasteiger partial charge on any atom is 0.271 e. The summed E-state index contributed by atoms with van der Waals surface area (Å²) in [5.41, 5.74) is -0.492. The summed E-state index contributed by atoms with van der Waals surface area (Å²) in [6.45, 7) is 5.04. The lowest BCUT2D eigenvalue weighted by atomic mass is 9.96. The second-order valence-electron chi connectivity index (χ2n) is 5.92. The van der Waals surface area contributed by atoms with Crippen LogP contribution in [0.1, 0.15) is 53.4 Å². The van der Waals surface area contributed by atoms with Gasteiger partial charge in [0, 0.05) is 11.6 Å². The van der Waals surface area contributed by atoms with E-state index in [9.17, 15) is 20.0 Å². The molecule has 1 atom stereocenters. The van der Waals surface area contributed by atoms with Crippen molar-refractivity contribution >= 4 is 17.4 Å². The van der Waals surface area contributed by atoms with Crippen LogP contribution in [0.4, 0.5) is 0 Å². The van der Waals surface area contributed by atoms with E-state index < -0.39 is 17.2 Å². The van der Waals surface area contributed by atoms with Gasteiger partial charge in [-0.05, 0) is 44.0 Å². The van der Waals surface area contributed by atoms with Gasteiger partial charge in [0.25, 0.3) is 5.56 Å². The van der Waals surface area contributed by atoms with E-state index in [1.807, 2.05) is 13.0 Å². The number of aromatic hydroxyl groups is 1. The Labute approximate surface area is 156 Å². The Morgan fingerprint density at radius 2 is 2.12 bits per heavy atom. The molecule has 26 heavy (non-hydrogen) atoms. The highest BCUT2D eigenvalue weighted by Crippen LogP contribution is 2.30. The summed E-state index contributed by atoms with van der Waals surface area (Å²) < 4.78 is 6.16. The molecule has 7 heteroatoms. The van der Waals surface area contributed by atoms with Gasteiger partial charge in [0.1, 0.15) is 17.4 Å². The minimum Gasteiger partial charge on any atom is -0.495 e. The van der Waals surface area contributed by atoms with Gasteiger partial charge in [-0.3, -0.25) is 14.2 Å². The number of benzene rings is 1. The first-order valence-corrected chi connectivity index (χ1v) is 8.42. The normalized spacial score (nSPS) is 11.7. The van der Waals surface area contributed by atoms with E-state index >= 15 is 0 Å². The standard InChI is InChI=1S/C19H19ClN2O4/c1-5-10(2)22-18(24)13(9-21)11(3)16(19(22)25)17(23)12-6-7-15(26-4)14(20)8-12/h6-8,10,25H,5H2,1-4H3. The predicted octanol–water partition coefficient (Wildman–Crippen LogP) is 3.60. The number of ketones is 1. The molecule has 1 heterocycles. The van der Waals surface area contributed by atoms with Gasteiger partial charge in [0.05, 0.1) is 17.7 Å². The molecule has 0 bridgehead atoms. The predicted molar refractivity (Wildman–Crippen MR) is 98.3 cm³/mol. The summed E-state index contributed by atoms with van der Waals surface area (Å²) in [6, 6.07) is 5.94. The van der Waals surface area contributed by atoms with Crippen LogP contribution in [0.25, 0.3) is 0 Å². The first-order valence-electron chi connectivity index (χ1n) is 8.04. The number of hydrogen-bond acceptors (Lipinski definition) is 5. The molecule has 1 aromatic heterocycles. The third-order valence-corrected chi connectivity index (χ3v) is 4.71. The third kappa shape index (κ3) is 3.18. The highest BCUT2D eigenvalue weighted by Gasteiger charge is 2.26. The zero-order chi connectivity index (χ0) is 19.6. The highest BCUT2D eigenvalue weighted by atomic mass is 35.5. The van der Waals surface area contributed by atoms with Crippen molar-refractivity contribution in [2.75, 3.05) is 7.11 Å². The minimum absolute atomic E-state index is 0.0808. The van der Waals surface area contributed by atoms with E-state index in [-0.39, 0.29) is 33.3 Å². The number of hydrogen-bond donors (Lipinski definition) is 1. The number of aromatic nitrogens is 1. The average Bonchev–Trinajstić information content (AvgIpc) is 2.61. The first-order chi connectivity index (χ1) is 12.3. The van der Waals surface area contributed by atoms with Gasteiger partial charge in [-0.1, -0.05) is 18.5 Å². The van der Waals surface area contributed by atoms with E-state index in [2.05, 4.69) is 0 Å². The maximum absolute atomic E-state index is 13.0. The fourth-order valence-corrected chi connectivity index (χ4v) is 2.99. The third-order valence-electron chi connectivity index (χ3n) is 4.42. The summed E-state index contributed by atoms with van der Waals surface area (Å²) >= 11 is 6.08. The number of nitriles is 1. The van der Waals surface area contributed by atoms with E-state index in [1.165, 1.54) is 32.2 Å². The van der Waals surface area contributed by atoms with Crippen LogP contribution in [-0.2, 0) is 0 Å². The largest absolute Gasteiger partial charge is 0.495 e. The van der Waals surface area contributed by atoms with Crippen LogP contribution < -0.4 is 10.3 Å². The molecule has 2 aromatic rings. The van der Waals surface area contributed by atoms with Crippen molar-refractivity contribution in [2.45, 2.75) is 33.2 Å². The lowest BCUT2D eigenvalue weighted by molar-refractivity contribution is 0.103. The number of rotatable bonds is 5. The summed E-state index contributed by atoms with van der Waals surface area (Å²) in [4.78, 5) is 25.5. The molecule has 0 spiro atoms. The van der Waals surface area contributed by atoms with Crippen molar-refractivity contribution in [1.29, 1.82) is 5.26 Å². The lowest BCUT2D eigenvalue weighted by Crippen LogP contribution is -2.28. The molecule has 0 saturated carbocycles. The molecule has 0 fully saturated rings. The first kappa shape index (κ1) is 19.5. The number of pyridine rings is 1. The van der Waals surface area contributed by atoms with E-state index in [0.717, 1.165) is 4.57 Å². The summed E-state index contributed by atoms with van der Waals surface area (Å²) in [6.07, 6.45) is 0.545. The van der Waals surface area contributed by atoms with E-state index in [1.54, 1.807) is 6.92 Å². The number of ether oxygens (including phenoxy) is 1. The molecule has 0 saturated heterocycles. The van der Waals surface area contributed by atoms with Crippen molar-refractivity contribution < 1.29 is 14.6 Å². The molecule has 2 rings (SSSR count). The monoisotopic (exact) mass is 374 g/mol. The Morgan fingerprint density at radius 1 is 1.46 bits per heavy atom. The van der Waals surface area contributed by atoms with Gasteiger partial charge in [0.2, 0.25) is 5.88 Å². The number of methoxy groups -OCH3 is 1. The molecule has 1 unspecified atom stereocenters. The van der Waals surface area contributed by atoms with E-state index in [0.29, 0.717) is 12.2 Å².